The molecular formula is C12H11FN2O2. The lowest BCUT2D eigenvalue weighted by atomic mass is 10.2. The molecule has 0 radical (unpaired) electrons. The molecule has 0 unspecified atom stereocenters. The fraction of sp³-hybridized carbons (Fsp3) is 0.167. The quantitative estimate of drug-likeness (QED) is 0.806. The number of aromatic amines is 1. The molecule has 0 bridgehead atoms. The molecule has 4 nitrogen and oxygen atoms in total. The molecule has 0 atom stereocenters. The Bertz CT molecular complexity index is 623. The number of halogens is 1. The standard InChI is InChI=1S/C12H11FN2O2/c1-7-11(8(2)16)12(17)15(14-7)10-5-3-9(13)4-6-10/h3-6,14H,1-2H3. The predicted octanol–water partition coefficient (Wildman–Crippen LogP) is 1.82. The summed E-state index contributed by atoms with van der Waals surface area (Å²) in [6.45, 7) is 2.99. The van der Waals surface area contributed by atoms with Crippen LogP contribution >= 0.6 is 0 Å². The highest BCUT2D eigenvalue weighted by molar-refractivity contribution is 5.94. The summed E-state index contributed by atoms with van der Waals surface area (Å²) in [6, 6.07) is 5.45. The van der Waals surface area contributed by atoms with Gasteiger partial charge in [0.1, 0.15) is 11.4 Å². The van der Waals surface area contributed by atoms with Crippen LogP contribution in [0, 0.1) is 12.7 Å². The minimum absolute atomic E-state index is 0.134. The molecule has 1 aromatic carbocycles. The number of hydrogen-bond acceptors (Lipinski definition) is 2. The minimum atomic E-state index is -0.415. The second kappa shape index (κ2) is 4.01. The number of carbonyl (C=O) groups excluding carboxylic acids is 1. The molecule has 0 amide bonds. The van der Waals surface area contributed by atoms with Gasteiger partial charge in [-0.3, -0.25) is 14.7 Å². The van der Waals surface area contributed by atoms with Crippen molar-refractivity contribution in [2.75, 3.05) is 0 Å². The summed E-state index contributed by atoms with van der Waals surface area (Å²) in [4.78, 5) is 23.2. The Hall–Kier alpha value is -2.17. The first-order valence-corrected chi connectivity index (χ1v) is 5.09. The Balaban J connectivity index is 2.62. The smallest absolute Gasteiger partial charge is 0.282 e. The van der Waals surface area contributed by atoms with Gasteiger partial charge in [0.2, 0.25) is 0 Å². The summed E-state index contributed by atoms with van der Waals surface area (Å²) < 4.78 is 14.0. The summed E-state index contributed by atoms with van der Waals surface area (Å²) >= 11 is 0. The van der Waals surface area contributed by atoms with Crippen molar-refractivity contribution >= 4 is 5.78 Å². The van der Waals surface area contributed by atoms with Crippen molar-refractivity contribution in [3.63, 3.8) is 0 Å². The van der Waals surface area contributed by atoms with Crippen LogP contribution in [0.25, 0.3) is 5.69 Å². The Labute approximate surface area is 96.7 Å². The lowest BCUT2D eigenvalue weighted by molar-refractivity contribution is 0.101. The monoisotopic (exact) mass is 234 g/mol. The highest BCUT2D eigenvalue weighted by atomic mass is 19.1. The normalized spacial score (nSPS) is 10.5. The highest BCUT2D eigenvalue weighted by Gasteiger charge is 2.15. The van der Waals surface area contributed by atoms with Crippen molar-refractivity contribution < 1.29 is 9.18 Å². The molecule has 0 aliphatic carbocycles. The maximum absolute atomic E-state index is 12.8. The molecule has 2 aromatic rings. The third kappa shape index (κ3) is 1.91. The average Bonchev–Trinajstić information content (AvgIpc) is 2.55. The Kier molecular flexibility index (Phi) is 2.67. The van der Waals surface area contributed by atoms with E-state index >= 15 is 0 Å². The zero-order valence-corrected chi connectivity index (χ0v) is 9.45. The molecule has 0 spiro atoms. The van der Waals surface area contributed by atoms with Crippen molar-refractivity contribution in [3.05, 3.63) is 51.7 Å². The van der Waals surface area contributed by atoms with E-state index in [-0.39, 0.29) is 17.2 Å². The van der Waals surface area contributed by atoms with Gasteiger partial charge in [-0.05, 0) is 38.1 Å². The molecule has 88 valence electrons. The molecule has 0 saturated heterocycles. The summed E-state index contributed by atoms with van der Waals surface area (Å²) in [5.74, 6) is -0.665. The lowest BCUT2D eigenvalue weighted by Crippen LogP contribution is -2.19. The van der Waals surface area contributed by atoms with Gasteiger partial charge in [0, 0.05) is 5.69 Å². The van der Waals surface area contributed by atoms with E-state index in [1.165, 1.54) is 35.9 Å². The van der Waals surface area contributed by atoms with Crippen LogP contribution in [0.15, 0.2) is 29.1 Å². The Morgan fingerprint density at radius 1 is 1.29 bits per heavy atom. The molecule has 0 aliphatic rings. The number of ketones is 1. The van der Waals surface area contributed by atoms with Crippen LogP contribution in [0.4, 0.5) is 4.39 Å². The van der Waals surface area contributed by atoms with Gasteiger partial charge in [-0.1, -0.05) is 0 Å². The predicted molar refractivity (Wildman–Crippen MR) is 61.1 cm³/mol. The van der Waals surface area contributed by atoms with Crippen molar-refractivity contribution in [3.8, 4) is 5.69 Å². The van der Waals surface area contributed by atoms with Gasteiger partial charge in [-0.2, -0.15) is 0 Å². The summed E-state index contributed by atoms with van der Waals surface area (Å²) in [6.07, 6.45) is 0. The van der Waals surface area contributed by atoms with Gasteiger partial charge in [-0.25, -0.2) is 9.07 Å². The zero-order valence-electron chi connectivity index (χ0n) is 9.45. The van der Waals surface area contributed by atoms with Gasteiger partial charge in [-0.15, -0.1) is 0 Å². The van der Waals surface area contributed by atoms with Crippen molar-refractivity contribution in [1.82, 2.24) is 9.78 Å². The van der Waals surface area contributed by atoms with Crippen molar-refractivity contribution in [2.24, 2.45) is 0 Å². The molecule has 0 saturated carbocycles. The van der Waals surface area contributed by atoms with Gasteiger partial charge < -0.3 is 0 Å². The number of nitrogens with zero attached hydrogens (tertiary/aromatic N) is 1. The van der Waals surface area contributed by atoms with Gasteiger partial charge in [0.25, 0.3) is 5.56 Å². The van der Waals surface area contributed by atoms with Crippen molar-refractivity contribution in [1.29, 1.82) is 0 Å². The largest absolute Gasteiger partial charge is 0.295 e. The molecular weight excluding hydrogens is 223 g/mol. The van der Waals surface area contributed by atoms with Crippen LogP contribution in [0.1, 0.15) is 23.0 Å². The molecule has 1 heterocycles. The van der Waals surface area contributed by atoms with E-state index in [4.69, 9.17) is 0 Å². The Morgan fingerprint density at radius 2 is 1.88 bits per heavy atom. The number of nitrogens with one attached hydrogen (secondary N) is 1. The lowest BCUT2D eigenvalue weighted by Gasteiger charge is -2.00. The fourth-order valence-electron chi connectivity index (χ4n) is 1.73. The Morgan fingerprint density at radius 3 is 2.35 bits per heavy atom. The van der Waals surface area contributed by atoms with E-state index in [2.05, 4.69) is 5.10 Å². The number of rotatable bonds is 2. The third-order valence-electron chi connectivity index (χ3n) is 2.51. The number of Topliss-reactive ketones (excluding diaryl/α,β-unsaturated/α-hetero) is 1. The van der Waals surface area contributed by atoms with Gasteiger partial charge in [0.05, 0.1) is 5.69 Å². The summed E-state index contributed by atoms with van der Waals surface area (Å²) in [5.41, 5.74) is 0.717. The number of benzene rings is 1. The first kappa shape index (κ1) is 11.3. The highest BCUT2D eigenvalue weighted by Crippen LogP contribution is 2.08. The zero-order chi connectivity index (χ0) is 12.6. The van der Waals surface area contributed by atoms with E-state index in [0.29, 0.717) is 11.4 Å². The second-order valence-corrected chi connectivity index (χ2v) is 3.78. The van der Waals surface area contributed by atoms with E-state index in [1.54, 1.807) is 6.92 Å². The van der Waals surface area contributed by atoms with Crippen LogP contribution < -0.4 is 5.56 Å². The maximum atomic E-state index is 12.8. The van der Waals surface area contributed by atoms with Gasteiger partial charge in [0.15, 0.2) is 5.78 Å². The van der Waals surface area contributed by atoms with Crippen LogP contribution in [-0.4, -0.2) is 15.6 Å². The summed E-state index contributed by atoms with van der Waals surface area (Å²) in [7, 11) is 0. The minimum Gasteiger partial charge on any atom is -0.295 e. The number of hydrogen-bond donors (Lipinski definition) is 1. The molecule has 0 fully saturated rings. The van der Waals surface area contributed by atoms with E-state index < -0.39 is 5.56 Å². The SMILES string of the molecule is CC(=O)c1c(C)[nH]n(-c2ccc(F)cc2)c1=O. The van der Waals surface area contributed by atoms with Crippen molar-refractivity contribution in [2.45, 2.75) is 13.8 Å². The number of H-pyrrole nitrogens is 1. The number of carbonyl (C=O) groups is 1. The first-order valence-electron chi connectivity index (χ1n) is 5.09. The maximum Gasteiger partial charge on any atom is 0.282 e. The second-order valence-electron chi connectivity index (χ2n) is 3.78. The molecule has 0 aliphatic heterocycles. The topological polar surface area (TPSA) is 54.9 Å². The fourth-order valence-corrected chi connectivity index (χ4v) is 1.73. The molecule has 1 N–H and O–H groups in total. The van der Waals surface area contributed by atoms with Gasteiger partial charge >= 0.3 is 0 Å². The number of aryl methyl sites for hydroxylation is 1. The summed E-state index contributed by atoms with van der Waals surface area (Å²) in [5, 5.41) is 2.79. The van der Waals surface area contributed by atoms with Crippen LogP contribution in [0.3, 0.4) is 0 Å². The van der Waals surface area contributed by atoms with Crippen LogP contribution in [0.5, 0.6) is 0 Å². The van der Waals surface area contributed by atoms with E-state index in [9.17, 15) is 14.0 Å². The van der Waals surface area contributed by atoms with Crippen LogP contribution in [0.2, 0.25) is 0 Å². The van der Waals surface area contributed by atoms with E-state index in [0.717, 1.165) is 0 Å². The third-order valence-corrected chi connectivity index (χ3v) is 2.51. The van der Waals surface area contributed by atoms with E-state index in [1.807, 2.05) is 0 Å². The number of aromatic nitrogens is 2. The molecule has 17 heavy (non-hydrogen) atoms. The molecule has 2 rings (SSSR count). The molecule has 1 aromatic heterocycles. The van der Waals surface area contributed by atoms with Crippen LogP contribution in [-0.2, 0) is 0 Å². The molecule has 5 heteroatoms. The first-order chi connectivity index (χ1) is 8.00. The average molecular weight is 234 g/mol.